The Labute approximate surface area is 146 Å². The van der Waals surface area contributed by atoms with E-state index < -0.39 is 18.0 Å². The van der Waals surface area contributed by atoms with Crippen LogP contribution in [0.4, 0.5) is 0 Å². The van der Waals surface area contributed by atoms with Gasteiger partial charge in [-0.2, -0.15) is 0 Å². The molecule has 1 rings (SSSR count). The number of nitrogens with zero attached hydrogens (tertiary/aromatic N) is 1. The third-order valence-corrected chi connectivity index (χ3v) is 3.65. The third-order valence-electron chi connectivity index (χ3n) is 3.65. The maximum Gasteiger partial charge on any atom is 0.240 e. The number of aliphatic imine (C=N–C) groups is 1. The number of benzene rings is 1. The Morgan fingerprint density at radius 2 is 1.80 bits per heavy atom. The van der Waals surface area contributed by atoms with Gasteiger partial charge in [0.05, 0.1) is 6.04 Å². The highest BCUT2D eigenvalue weighted by atomic mass is 16.3. The molecule has 25 heavy (non-hydrogen) atoms. The van der Waals surface area contributed by atoms with Crippen LogP contribution < -0.4 is 27.8 Å². The lowest BCUT2D eigenvalue weighted by molar-refractivity contribution is -0.128. The Bertz CT molecular complexity index is 598. The predicted molar refractivity (Wildman–Crippen MR) is 95.7 cm³/mol. The maximum atomic E-state index is 12.4. The van der Waals surface area contributed by atoms with Crippen molar-refractivity contribution in [2.45, 2.75) is 31.3 Å². The number of primary amides is 1. The van der Waals surface area contributed by atoms with Crippen LogP contribution in [0.5, 0.6) is 5.75 Å². The van der Waals surface area contributed by atoms with Gasteiger partial charge in [0.2, 0.25) is 11.8 Å². The molecule has 9 nitrogen and oxygen atoms in total. The molecule has 2 amide bonds. The van der Waals surface area contributed by atoms with Crippen LogP contribution in [0, 0.1) is 0 Å². The van der Waals surface area contributed by atoms with Gasteiger partial charge in [0.25, 0.3) is 0 Å². The standard InChI is InChI=1S/C16H26N6O3/c1-20-12(3-2-8-21-16(18)19)15(25)22-13(14(17)24)9-10-4-6-11(23)7-5-10/h4-7,12-13,20,23H,2-3,8-9H2,1H3,(H2,17,24)(H,22,25)(H4,18,19,21)/t12?,13-/m0/s1. The number of amides is 2. The summed E-state index contributed by atoms with van der Waals surface area (Å²) in [6, 6.07) is 5.02. The molecule has 2 atom stereocenters. The third kappa shape index (κ3) is 7.53. The van der Waals surface area contributed by atoms with Crippen molar-refractivity contribution in [1.29, 1.82) is 0 Å². The highest BCUT2D eigenvalue weighted by molar-refractivity contribution is 5.89. The average molecular weight is 350 g/mol. The number of aromatic hydroxyl groups is 1. The lowest BCUT2D eigenvalue weighted by Gasteiger charge is -2.20. The number of phenols is 1. The number of phenolic OH excluding ortho intramolecular Hbond substituents is 1. The van der Waals surface area contributed by atoms with Crippen LogP contribution in [0.1, 0.15) is 18.4 Å². The van der Waals surface area contributed by atoms with Crippen molar-refractivity contribution in [3.05, 3.63) is 29.8 Å². The van der Waals surface area contributed by atoms with E-state index in [-0.39, 0.29) is 24.0 Å². The lowest BCUT2D eigenvalue weighted by Crippen LogP contribution is -2.52. The molecule has 9 heteroatoms. The number of rotatable bonds is 10. The second kappa shape index (κ2) is 10.1. The zero-order chi connectivity index (χ0) is 18.8. The topological polar surface area (TPSA) is 169 Å². The summed E-state index contributed by atoms with van der Waals surface area (Å²) in [5.74, 6) is -0.820. The molecular weight excluding hydrogens is 324 g/mol. The molecule has 0 aliphatic heterocycles. The molecule has 1 unspecified atom stereocenters. The molecule has 1 aromatic carbocycles. The van der Waals surface area contributed by atoms with Crippen LogP contribution in [0.25, 0.3) is 0 Å². The van der Waals surface area contributed by atoms with Crippen LogP contribution >= 0.6 is 0 Å². The van der Waals surface area contributed by atoms with Crippen molar-refractivity contribution in [3.8, 4) is 5.75 Å². The average Bonchev–Trinajstić information content (AvgIpc) is 2.55. The Morgan fingerprint density at radius 3 is 2.32 bits per heavy atom. The monoisotopic (exact) mass is 350 g/mol. The second-order valence-corrected chi connectivity index (χ2v) is 5.62. The summed E-state index contributed by atoms with van der Waals surface area (Å²) >= 11 is 0. The van der Waals surface area contributed by atoms with Crippen molar-refractivity contribution in [1.82, 2.24) is 10.6 Å². The molecule has 0 bridgehead atoms. The molecule has 0 saturated heterocycles. The minimum Gasteiger partial charge on any atom is -0.508 e. The van der Waals surface area contributed by atoms with Gasteiger partial charge in [-0.1, -0.05) is 12.1 Å². The number of carbonyl (C=O) groups is 2. The van der Waals surface area contributed by atoms with Crippen molar-refractivity contribution in [3.63, 3.8) is 0 Å². The van der Waals surface area contributed by atoms with Crippen molar-refractivity contribution in [2.24, 2.45) is 22.2 Å². The first-order chi connectivity index (χ1) is 11.8. The van der Waals surface area contributed by atoms with Gasteiger partial charge in [0, 0.05) is 13.0 Å². The first kappa shape index (κ1) is 20.2. The Hall–Kier alpha value is -2.81. The molecule has 138 valence electrons. The van der Waals surface area contributed by atoms with Crippen molar-refractivity contribution in [2.75, 3.05) is 13.6 Å². The van der Waals surface area contributed by atoms with E-state index in [2.05, 4.69) is 15.6 Å². The lowest BCUT2D eigenvalue weighted by atomic mass is 10.0. The van der Waals surface area contributed by atoms with Crippen LogP contribution in [-0.2, 0) is 16.0 Å². The van der Waals surface area contributed by atoms with Crippen LogP contribution in [0.2, 0.25) is 0 Å². The van der Waals surface area contributed by atoms with Crippen LogP contribution in [0.15, 0.2) is 29.3 Å². The number of nitrogens with one attached hydrogen (secondary N) is 2. The van der Waals surface area contributed by atoms with Crippen molar-refractivity contribution < 1.29 is 14.7 Å². The van der Waals surface area contributed by atoms with Gasteiger partial charge in [0.1, 0.15) is 11.8 Å². The fourth-order valence-corrected chi connectivity index (χ4v) is 2.27. The molecule has 0 saturated carbocycles. The Morgan fingerprint density at radius 1 is 1.16 bits per heavy atom. The summed E-state index contributed by atoms with van der Waals surface area (Å²) in [7, 11) is 1.66. The number of guanidine groups is 1. The molecule has 0 heterocycles. The fraction of sp³-hybridized carbons (Fsp3) is 0.438. The smallest absolute Gasteiger partial charge is 0.240 e. The van der Waals surface area contributed by atoms with Crippen molar-refractivity contribution >= 4 is 17.8 Å². The molecule has 0 aromatic heterocycles. The summed E-state index contributed by atoms with van der Waals surface area (Å²) in [5, 5.41) is 14.8. The summed E-state index contributed by atoms with van der Waals surface area (Å²) in [6.45, 7) is 0.417. The quantitative estimate of drug-likeness (QED) is 0.171. The first-order valence-electron chi connectivity index (χ1n) is 7.93. The zero-order valence-electron chi connectivity index (χ0n) is 14.2. The minimum absolute atomic E-state index is 0.00755. The minimum atomic E-state index is -0.842. The van der Waals surface area contributed by atoms with Gasteiger partial charge >= 0.3 is 0 Å². The second-order valence-electron chi connectivity index (χ2n) is 5.62. The predicted octanol–water partition coefficient (Wildman–Crippen LogP) is -1.45. The molecule has 0 spiro atoms. The highest BCUT2D eigenvalue weighted by Crippen LogP contribution is 2.11. The van der Waals surface area contributed by atoms with E-state index in [1.165, 1.54) is 12.1 Å². The van der Waals surface area contributed by atoms with Crippen LogP contribution in [-0.4, -0.2) is 48.6 Å². The maximum absolute atomic E-state index is 12.4. The Kier molecular flexibility index (Phi) is 8.21. The fourth-order valence-electron chi connectivity index (χ4n) is 2.27. The van der Waals surface area contributed by atoms with Crippen LogP contribution in [0.3, 0.4) is 0 Å². The van der Waals surface area contributed by atoms with E-state index in [1.54, 1.807) is 19.2 Å². The summed E-state index contributed by atoms with van der Waals surface area (Å²) in [5.41, 5.74) is 16.7. The van der Waals surface area contributed by atoms with Gasteiger partial charge in [-0.05, 0) is 37.6 Å². The molecule has 9 N–H and O–H groups in total. The van der Waals surface area contributed by atoms with Gasteiger partial charge in [0.15, 0.2) is 5.96 Å². The first-order valence-corrected chi connectivity index (χ1v) is 7.93. The SMILES string of the molecule is CNC(CCCN=C(N)N)C(=O)N[C@@H](Cc1ccc(O)cc1)C(N)=O. The van der Waals surface area contributed by atoms with E-state index >= 15 is 0 Å². The van der Waals surface area contributed by atoms with Gasteiger partial charge in [-0.25, -0.2) is 0 Å². The highest BCUT2D eigenvalue weighted by Gasteiger charge is 2.23. The van der Waals surface area contributed by atoms with E-state index in [4.69, 9.17) is 17.2 Å². The largest absolute Gasteiger partial charge is 0.508 e. The zero-order valence-corrected chi connectivity index (χ0v) is 14.2. The van der Waals surface area contributed by atoms with Gasteiger partial charge in [-0.3, -0.25) is 14.6 Å². The van der Waals surface area contributed by atoms with Gasteiger partial charge < -0.3 is 32.9 Å². The normalized spacial score (nSPS) is 12.8. The number of hydrogen-bond donors (Lipinski definition) is 6. The number of likely N-dealkylation sites (N-methyl/N-ethyl adjacent to an activating group) is 1. The van der Waals surface area contributed by atoms with Gasteiger partial charge in [-0.15, -0.1) is 0 Å². The number of carbonyl (C=O) groups excluding carboxylic acids is 2. The molecular formula is C16H26N6O3. The van der Waals surface area contributed by atoms with E-state index in [1.807, 2.05) is 0 Å². The molecule has 0 aliphatic rings. The summed E-state index contributed by atoms with van der Waals surface area (Å²) in [4.78, 5) is 27.9. The molecule has 1 aromatic rings. The van der Waals surface area contributed by atoms with E-state index in [0.717, 1.165) is 5.56 Å². The summed E-state index contributed by atoms with van der Waals surface area (Å²) < 4.78 is 0. The molecule has 0 radical (unpaired) electrons. The number of nitrogens with two attached hydrogens (primary N) is 3. The molecule has 0 aliphatic carbocycles. The number of hydrogen-bond acceptors (Lipinski definition) is 5. The van der Waals surface area contributed by atoms with E-state index in [9.17, 15) is 14.7 Å². The summed E-state index contributed by atoms with van der Waals surface area (Å²) in [6.07, 6.45) is 1.35. The Balaban J connectivity index is 2.62. The molecule has 0 fully saturated rings. The van der Waals surface area contributed by atoms with E-state index in [0.29, 0.717) is 19.4 Å².